The van der Waals surface area contributed by atoms with E-state index in [0.717, 1.165) is 17.5 Å². The minimum Gasteiger partial charge on any atom is -0.493 e. The molecule has 2 aromatic rings. The Morgan fingerprint density at radius 2 is 1.64 bits per heavy atom. The van der Waals surface area contributed by atoms with Crippen molar-refractivity contribution in [2.24, 2.45) is 5.92 Å². The van der Waals surface area contributed by atoms with Crippen molar-refractivity contribution in [2.75, 3.05) is 40.4 Å². The molecule has 2 N–H and O–H groups in total. The molecule has 11 nitrogen and oxygen atoms in total. The molecule has 0 radical (unpaired) electrons. The fourth-order valence-corrected chi connectivity index (χ4v) is 6.75. The van der Waals surface area contributed by atoms with Gasteiger partial charge in [0.05, 0.1) is 14.2 Å². The largest absolute Gasteiger partial charge is 0.493 e. The molecule has 2 saturated heterocycles. The topological polar surface area (TPSA) is 130 Å². The summed E-state index contributed by atoms with van der Waals surface area (Å²) < 4.78 is 11.2. The molecule has 0 unspecified atom stereocenters. The second kappa shape index (κ2) is 14.5. The summed E-state index contributed by atoms with van der Waals surface area (Å²) in [4.78, 5) is 60.6. The van der Waals surface area contributed by atoms with Gasteiger partial charge < -0.3 is 29.9 Å². The molecule has 3 aliphatic rings. The van der Waals surface area contributed by atoms with Crippen LogP contribution in [-0.2, 0) is 27.2 Å². The highest BCUT2D eigenvalue weighted by molar-refractivity contribution is 5.94. The highest BCUT2D eigenvalue weighted by Gasteiger charge is 2.41. The van der Waals surface area contributed by atoms with Crippen LogP contribution < -0.4 is 20.1 Å². The molecule has 11 heteroatoms. The van der Waals surface area contributed by atoms with Crippen LogP contribution in [0.5, 0.6) is 11.5 Å². The second-order valence-corrected chi connectivity index (χ2v) is 11.9. The first-order chi connectivity index (χ1) is 21.4. The van der Waals surface area contributed by atoms with E-state index >= 15 is 0 Å². The molecule has 3 aliphatic heterocycles. The van der Waals surface area contributed by atoms with E-state index in [2.05, 4.69) is 15.6 Å². The maximum absolute atomic E-state index is 14.0. The number of aryl methyl sites for hydroxylation is 2. The zero-order valence-electron chi connectivity index (χ0n) is 25.7. The molecule has 2 fully saturated rings. The van der Waals surface area contributed by atoms with Crippen LogP contribution in [-0.4, -0.2) is 90.9 Å². The van der Waals surface area contributed by atoms with E-state index in [1.165, 1.54) is 0 Å². The highest BCUT2D eigenvalue weighted by atomic mass is 16.5. The molecule has 44 heavy (non-hydrogen) atoms. The lowest BCUT2D eigenvalue weighted by Crippen LogP contribution is -2.51. The number of carbonyl (C=O) groups excluding carboxylic acids is 4. The van der Waals surface area contributed by atoms with Crippen LogP contribution in [0, 0.1) is 5.92 Å². The molecule has 1 aromatic heterocycles. The van der Waals surface area contributed by atoms with Crippen LogP contribution >= 0.6 is 0 Å². The van der Waals surface area contributed by atoms with E-state index < -0.39 is 0 Å². The van der Waals surface area contributed by atoms with Gasteiger partial charge in [-0.3, -0.25) is 24.2 Å². The van der Waals surface area contributed by atoms with Crippen LogP contribution in [0.15, 0.2) is 36.7 Å². The number of ether oxygens (including phenoxy) is 2. The molecule has 0 saturated carbocycles. The summed E-state index contributed by atoms with van der Waals surface area (Å²) in [5.74, 6) is 0.861. The van der Waals surface area contributed by atoms with Gasteiger partial charge in [-0.25, -0.2) is 0 Å². The van der Waals surface area contributed by atoms with Gasteiger partial charge in [-0.05, 0) is 74.3 Å². The monoisotopic (exact) mass is 605 g/mol. The van der Waals surface area contributed by atoms with Crippen molar-refractivity contribution in [3.63, 3.8) is 0 Å². The number of nitrogens with one attached hydrogen (secondary N) is 2. The summed E-state index contributed by atoms with van der Waals surface area (Å²) in [6, 6.07) is 6.96. The fraction of sp³-hybridized carbons (Fsp3) is 0.545. The van der Waals surface area contributed by atoms with Crippen molar-refractivity contribution in [3.05, 3.63) is 53.3 Å². The number of pyridine rings is 1. The number of benzene rings is 1. The molecule has 236 valence electrons. The van der Waals surface area contributed by atoms with Gasteiger partial charge in [0, 0.05) is 75.0 Å². The van der Waals surface area contributed by atoms with Crippen LogP contribution in [0.2, 0.25) is 0 Å². The number of methoxy groups -OCH3 is 2. The van der Waals surface area contributed by atoms with E-state index in [-0.39, 0.29) is 48.1 Å². The third-order valence-electron chi connectivity index (χ3n) is 9.09. The first-order valence-corrected chi connectivity index (χ1v) is 15.7. The third kappa shape index (κ3) is 7.31. The Kier molecular flexibility index (Phi) is 10.3. The number of aromatic nitrogens is 1. The lowest BCUT2D eigenvalue weighted by Gasteiger charge is -2.37. The molecular formula is C33H43N5O6. The molecule has 5 rings (SSSR count). The Balaban J connectivity index is 1.27. The van der Waals surface area contributed by atoms with Gasteiger partial charge in [-0.1, -0.05) is 6.07 Å². The lowest BCUT2D eigenvalue weighted by atomic mass is 9.94. The standard InChI is InChI=1S/C33H43N5O6/c1-43-28-19-22-5-8-29(39)36-21-27-7-6-26(20-30(40)35-13-3-4-25(18-22)31(28)44-2)38(27)33(42)24-11-16-37(17-12-24)32(41)23-9-14-34-15-10-23/h9-10,14-15,18-19,24,26-27H,3-8,11-13,16-17,20-21H2,1-2H3,(H,35,40)(H,36,39)/t26-,27+/m0/s1. The van der Waals surface area contributed by atoms with Crippen molar-refractivity contribution < 1.29 is 28.7 Å². The second-order valence-electron chi connectivity index (χ2n) is 11.9. The zero-order valence-corrected chi connectivity index (χ0v) is 25.7. The van der Waals surface area contributed by atoms with Crippen molar-refractivity contribution in [2.45, 2.75) is 69.9 Å². The van der Waals surface area contributed by atoms with Crippen molar-refractivity contribution in [1.82, 2.24) is 25.4 Å². The Labute approximate surface area is 258 Å². The number of rotatable bonds is 4. The number of carbonyl (C=O) groups is 4. The van der Waals surface area contributed by atoms with Crippen LogP contribution in [0.25, 0.3) is 0 Å². The predicted octanol–water partition coefficient (Wildman–Crippen LogP) is 2.51. The van der Waals surface area contributed by atoms with E-state index in [1.807, 2.05) is 17.0 Å². The van der Waals surface area contributed by atoms with Crippen LogP contribution in [0.4, 0.5) is 0 Å². The number of nitrogens with zero attached hydrogens (tertiary/aromatic N) is 3. The van der Waals surface area contributed by atoms with Gasteiger partial charge in [0.1, 0.15) is 0 Å². The molecule has 0 spiro atoms. The summed E-state index contributed by atoms with van der Waals surface area (Å²) in [6.45, 7) is 1.84. The molecule has 0 aliphatic carbocycles. The minimum absolute atomic E-state index is 0.0173. The van der Waals surface area contributed by atoms with E-state index in [9.17, 15) is 19.2 Å². The summed E-state index contributed by atoms with van der Waals surface area (Å²) in [5, 5.41) is 6.10. The molecule has 4 amide bonds. The number of fused-ring (bicyclic) bond motifs is 4. The van der Waals surface area contributed by atoms with Crippen LogP contribution in [0.3, 0.4) is 0 Å². The first kappa shape index (κ1) is 31.3. The third-order valence-corrected chi connectivity index (χ3v) is 9.09. The minimum atomic E-state index is -0.233. The average Bonchev–Trinajstić information content (AvgIpc) is 3.45. The van der Waals surface area contributed by atoms with E-state index in [1.54, 1.807) is 43.6 Å². The summed E-state index contributed by atoms with van der Waals surface area (Å²) in [6.07, 6.45) is 8.24. The smallest absolute Gasteiger partial charge is 0.253 e. The predicted molar refractivity (Wildman–Crippen MR) is 163 cm³/mol. The maximum Gasteiger partial charge on any atom is 0.253 e. The van der Waals surface area contributed by atoms with Crippen LogP contribution in [0.1, 0.15) is 66.4 Å². The van der Waals surface area contributed by atoms with Gasteiger partial charge in [-0.15, -0.1) is 0 Å². The van der Waals surface area contributed by atoms with Crippen molar-refractivity contribution in [3.8, 4) is 11.5 Å². The number of amides is 4. The molecule has 1 aromatic carbocycles. The molecule has 2 atom stereocenters. The summed E-state index contributed by atoms with van der Waals surface area (Å²) >= 11 is 0. The molecular weight excluding hydrogens is 562 g/mol. The quantitative estimate of drug-likeness (QED) is 0.548. The fourth-order valence-electron chi connectivity index (χ4n) is 6.75. The number of likely N-dealkylation sites (tertiary alicyclic amines) is 1. The van der Waals surface area contributed by atoms with Crippen molar-refractivity contribution >= 4 is 23.6 Å². The van der Waals surface area contributed by atoms with Crippen molar-refractivity contribution in [1.29, 1.82) is 0 Å². The summed E-state index contributed by atoms with van der Waals surface area (Å²) in [5.41, 5.74) is 2.55. The SMILES string of the molecule is COc1cc2cc(c1OC)CCCNC(=O)C[C@@H]1CC[C@H](CNC(=O)CC2)N1C(=O)C1CCN(C(=O)c2ccncc2)CC1. The normalized spacial score (nSPS) is 22.0. The lowest BCUT2D eigenvalue weighted by molar-refractivity contribution is -0.141. The zero-order chi connectivity index (χ0) is 31.1. The number of hydrogen-bond acceptors (Lipinski definition) is 7. The van der Waals surface area contributed by atoms with Gasteiger partial charge in [-0.2, -0.15) is 0 Å². The van der Waals surface area contributed by atoms with Gasteiger partial charge in [0.25, 0.3) is 5.91 Å². The van der Waals surface area contributed by atoms with Gasteiger partial charge in [0.2, 0.25) is 17.7 Å². The number of hydrogen-bond donors (Lipinski definition) is 2. The Morgan fingerprint density at radius 3 is 2.36 bits per heavy atom. The van der Waals surface area contributed by atoms with E-state index in [0.29, 0.717) is 88.2 Å². The van der Waals surface area contributed by atoms with Gasteiger partial charge in [0.15, 0.2) is 11.5 Å². The molecule has 4 bridgehead atoms. The Bertz CT molecular complexity index is 1340. The highest BCUT2D eigenvalue weighted by Crippen LogP contribution is 2.34. The number of piperidine rings is 1. The maximum atomic E-state index is 14.0. The van der Waals surface area contributed by atoms with E-state index in [4.69, 9.17) is 9.47 Å². The summed E-state index contributed by atoms with van der Waals surface area (Å²) in [7, 11) is 3.21. The molecule has 4 heterocycles. The van der Waals surface area contributed by atoms with Gasteiger partial charge >= 0.3 is 0 Å². The Morgan fingerprint density at radius 1 is 0.886 bits per heavy atom. The first-order valence-electron chi connectivity index (χ1n) is 15.7. The Hall–Kier alpha value is -4.15. The average molecular weight is 606 g/mol.